The predicted octanol–water partition coefficient (Wildman–Crippen LogP) is -0.879. The highest BCUT2D eigenvalue weighted by molar-refractivity contribution is 7.07. The minimum Gasteiger partial charge on any atom is -0.494 e. The van der Waals surface area contributed by atoms with E-state index in [9.17, 15) is 15.0 Å². The van der Waals surface area contributed by atoms with Gasteiger partial charge in [0.25, 0.3) is 0 Å². The highest BCUT2D eigenvalue weighted by Crippen LogP contribution is 2.21. The Hall–Kier alpha value is -0.850. The normalized spacial score (nSPS) is 28.1. The third-order valence-corrected chi connectivity index (χ3v) is 2.92. The summed E-state index contributed by atoms with van der Waals surface area (Å²) in [6.45, 7) is 0.984. The lowest BCUT2D eigenvalue weighted by Crippen LogP contribution is -2.28. The number of nitrogens with zero attached hydrogens (tertiary/aromatic N) is 1. The van der Waals surface area contributed by atoms with Gasteiger partial charge in [-0.3, -0.25) is 9.36 Å². The minimum atomic E-state index is -0.599. The second kappa shape index (κ2) is 3.13. The Morgan fingerprint density at radius 1 is 1.62 bits per heavy atom. The molecule has 1 aliphatic rings. The number of β-amino-alcohol motifs (C(OH)–C–C–N with tert-alkyl or cyclic N) is 1. The molecule has 1 fully saturated rings. The molecular weight excluding hydrogens is 192 g/mol. The van der Waals surface area contributed by atoms with Crippen molar-refractivity contribution in [2.75, 3.05) is 13.1 Å². The van der Waals surface area contributed by atoms with Gasteiger partial charge in [-0.2, -0.15) is 0 Å². The summed E-state index contributed by atoms with van der Waals surface area (Å²) in [4.78, 5) is 11.0. The number of hydrogen-bond donors (Lipinski definition) is 3. The number of hydrogen-bond acceptors (Lipinski definition) is 5. The van der Waals surface area contributed by atoms with E-state index >= 15 is 0 Å². The molecule has 1 aromatic rings. The molecule has 0 aromatic carbocycles. The van der Waals surface area contributed by atoms with Crippen LogP contribution in [0.1, 0.15) is 6.04 Å². The molecule has 13 heavy (non-hydrogen) atoms. The van der Waals surface area contributed by atoms with Crippen molar-refractivity contribution in [3.05, 3.63) is 15.0 Å². The molecule has 0 saturated carbocycles. The molecule has 2 rings (SSSR count). The van der Waals surface area contributed by atoms with Crippen LogP contribution in [-0.4, -0.2) is 34.0 Å². The third-order valence-electron chi connectivity index (χ3n) is 2.19. The van der Waals surface area contributed by atoms with Gasteiger partial charge in [0.15, 0.2) is 0 Å². The second-order valence-corrected chi connectivity index (χ2v) is 3.84. The number of aromatic hydroxyl groups is 1. The monoisotopic (exact) mass is 202 g/mol. The summed E-state index contributed by atoms with van der Waals surface area (Å²) in [5.41, 5.74) is 0. The zero-order valence-electron chi connectivity index (χ0n) is 6.80. The van der Waals surface area contributed by atoms with Crippen molar-refractivity contribution in [3.8, 4) is 5.88 Å². The van der Waals surface area contributed by atoms with Crippen LogP contribution in [-0.2, 0) is 0 Å². The Balaban J connectivity index is 2.39. The minimum absolute atomic E-state index is 0.0669. The molecule has 2 unspecified atom stereocenters. The largest absolute Gasteiger partial charge is 0.494 e. The number of aliphatic hydroxyl groups excluding tert-OH is 1. The number of aliphatic hydroxyl groups is 1. The second-order valence-electron chi connectivity index (χ2n) is 3.02. The van der Waals surface area contributed by atoms with E-state index in [4.69, 9.17) is 0 Å². The number of rotatable bonds is 1. The molecule has 72 valence electrons. The first-order chi connectivity index (χ1) is 6.20. The molecular formula is C7H10N2O3S. The molecule has 6 heteroatoms. The maximum atomic E-state index is 11.3. The Morgan fingerprint density at radius 3 is 2.85 bits per heavy atom. The summed E-state index contributed by atoms with van der Waals surface area (Å²) in [5.74, 6) is -0.0669. The van der Waals surface area contributed by atoms with Gasteiger partial charge >= 0.3 is 4.87 Å². The van der Waals surface area contributed by atoms with Gasteiger partial charge in [0, 0.05) is 13.1 Å². The van der Waals surface area contributed by atoms with E-state index in [1.165, 1.54) is 9.95 Å². The van der Waals surface area contributed by atoms with Crippen LogP contribution in [0.25, 0.3) is 0 Å². The molecule has 0 amide bonds. The van der Waals surface area contributed by atoms with Gasteiger partial charge in [0.05, 0.1) is 17.5 Å². The SMILES string of the molecule is O=c1scc(O)n1C1CNCC1O. The Kier molecular flexibility index (Phi) is 2.10. The average molecular weight is 202 g/mol. The van der Waals surface area contributed by atoms with E-state index in [2.05, 4.69) is 5.32 Å². The molecule has 1 saturated heterocycles. The maximum absolute atomic E-state index is 11.3. The zero-order chi connectivity index (χ0) is 9.42. The van der Waals surface area contributed by atoms with E-state index < -0.39 is 6.10 Å². The number of aromatic nitrogens is 1. The first-order valence-electron chi connectivity index (χ1n) is 3.98. The molecule has 2 heterocycles. The highest BCUT2D eigenvalue weighted by atomic mass is 32.1. The van der Waals surface area contributed by atoms with Crippen LogP contribution in [0.4, 0.5) is 0 Å². The van der Waals surface area contributed by atoms with Crippen molar-refractivity contribution >= 4 is 11.3 Å². The van der Waals surface area contributed by atoms with Crippen LogP contribution in [0, 0.1) is 0 Å². The lowest BCUT2D eigenvalue weighted by molar-refractivity contribution is 0.145. The van der Waals surface area contributed by atoms with Crippen molar-refractivity contribution in [1.82, 2.24) is 9.88 Å². The van der Waals surface area contributed by atoms with E-state index in [1.807, 2.05) is 0 Å². The van der Waals surface area contributed by atoms with E-state index in [0.717, 1.165) is 11.3 Å². The van der Waals surface area contributed by atoms with Gasteiger partial charge in [0.1, 0.15) is 0 Å². The van der Waals surface area contributed by atoms with E-state index in [-0.39, 0.29) is 16.8 Å². The number of thiazole rings is 1. The smallest absolute Gasteiger partial charge is 0.310 e. The first-order valence-corrected chi connectivity index (χ1v) is 4.86. The zero-order valence-corrected chi connectivity index (χ0v) is 7.62. The van der Waals surface area contributed by atoms with Crippen LogP contribution in [0.15, 0.2) is 10.2 Å². The van der Waals surface area contributed by atoms with Crippen LogP contribution >= 0.6 is 11.3 Å². The van der Waals surface area contributed by atoms with Crippen LogP contribution in [0.5, 0.6) is 5.88 Å². The van der Waals surface area contributed by atoms with Crippen LogP contribution in [0.3, 0.4) is 0 Å². The van der Waals surface area contributed by atoms with Gasteiger partial charge in [-0.15, -0.1) is 0 Å². The molecule has 5 nitrogen and oxygen atoms in total. The molecule has 0 radical (unpaired) electrons. The van der Waals surface area contributed by atoms with Gasteiger partial charge in [-0.05, 0) is 0 Å². The molecule has 1 aromatic heterocycles. The van der Waals surface area contributed by atoms with Crippen molar-refractivity contribution in [2.45, 2.75) is 12.1 Å². The van der Waals surface area contributed by atoms with Gasteiger partial charge in [-0.25, -0.2) is 0 Å². The predicted molar refractivity (Wildman–Crippen MR) is 48.2 cm³/mol. The summed E-state index contributed by atoms with van der Waals surface area (Å²) in [6, 6.07) is -0.334. The van der Waals surface area contributed by atoms with E-state index in [1.54, 1.807) is 0 Å². The van der Waals surface area contributed by atoms with Crippen molar-refractivity contribution in [3.63, 3.8) is 0 Å². The standard InChI is InChI=1S/C7H10N2O3S/c10-5-2-8-1-4(5)9-6(11)3-13-7(9)12/h3-5,8,10-11H,1-2H2. The van der Waals surface area contributed by atoms with Crippen LogP contribution < -0.4 is 10.2 Å². The molecule has 0 aliphatic carbocycles. The Morgan fingerprint density at radius 2 is 2.38 bits per heavy atom. The fourth-order valence-electron chi connectivity index (χ4n) is 1.53. The topological polar surface area (TPSA) is 74.5 Å². The molecule has 0 bridgehead atoms. The Labute approximate surface area is 78.3 Å². The third kappa shape index (κ3) is 1.37. The summed E-state index contributed by atoms with van der Waals surface area (Å²) in [6.07, 6.45) is -0.599. The molecule has 0 spiro atoms. The van der Waals surface area contributed by atoms with Gasteiger partial charge in [-0.1, -0.05) is 11.3 Å². The average Bonchev–Trinajstić information content (AvgIpc) is 2.60. The fraction of sp³-hybridized carbons (Fsp3) is 0.571. The van der Waals surface area contributed by atoms with Crippen molar-refractivity contribution < 1.29 is 10.2 Å². The summed E-state index contributed by atoms with van der Waals surface area (Å²) >= 11 is 0.938. The molecule has 1 aliphatic heterocycles. The molecule has 3 N–H and O–H groups in total. The van der Waals surface area contributed by atoms with Gasteiger partial charge < -0.3 is 15.5 Å². The summed E-state index contributed by atoms with van der Waals surface area (Å²) < 4.78 is 1.23. The maximum Gasteiger partial charge on any atom is 0.310 e. The van der Waals surface area contributed by atoms with Crippen molar-refractivity contribution in [1.29, 1.82) is 0 Å². The summed E-state index contributed by atoms with van der Waals surface area (Å²) in [5, 5.41) is 23.2. The van der Waals surface area contributed by atoms with Crippen molar-refractivity contribution in [2.24, 2.45) is 0 Å². The first kappa shape index (κ1) is 8.74. The molecule has 2 atom stereocenters. The highest BCUT2D eigenvalue weighted by Gasteiger charge is 2.29. The fourth-order valence-corrected chi connectivity index (χ4v) is 2.19. The lowest BCUT2D eigenvalue weighted by Gasteiger charge is -2.14. The van der Waals surface area contributed by atoms with E-state index in [0.29, 0.717) is 13.1 Å². The quantitative estimate of drug-likeness (QED) is 0.553. The lowest BCUT2D eigenvalue weighted by atomic mass is 10.2. The number of nitrogens with one attached hydrogen (secondary N) is 1. The van der Waals surface area contributed by atoms with Crippen LogP contribution in [0.2, 0.25) is 0 Å². The van der Waals surface area contributed by atoms with Gasteiger partial charge in [0.2, 0.25) is 5.88 Å². The Bertz CT molecular complexity index is 359. The summed E-state index contributed by atoms with van der Waals surface area (Å²) in [7, 11) is 0.